The van der Waals surface area contributed by atoms with E-state index in [1.807, 2.05) is 17.9 Å². The highest BCUT2D eigenvalue weighted by Crippen LogP contribution is 2.33. The van der Waals surface area contributed by atoms with Crippen LogP contribution >= 0.6 is 11.8 Å². The Hall–Kier alpha value is -0.680. The maximum absolute atomic E-state index is 5.49. The van der Waals surface area contributed by atoms with E-state index in [2.05, 4.69) is 29.1 Å². The number of ether oxygens (including phenoxy) is 1. The van der Waals surface area contributed by atoms with Crippen LogP contribution in [-0.2, 0) is 7.05 Å². The minimum absolute atomic E-state index is 0.319. The molecule has 0 bridgehead atoms. The van der Waals surface area contributed by atoms with Crippen molar-refractivity contribution in [2.45, 2.75) is 56.7 Å². The zero-order valence-electron chi connectivity index (χ0n) is 13.6. The van der Waals surface area contributed by atoms with Crippen molar-refractivity contribution in [1.29, 1.82) is 0 Å². The van der Waals surface area contributed by atoms with Gasteiger partial charge in [0.1, 0.15) is 0 Å². The molecule has 1 aromatic heterocycles. The molecule has 0 radical (unpaired) electrons. The van der Waals surface area contributed by atoms with Crippen molar-refractivity contribution < 1.29 is 4.74 Å². The SMILES string of the molecule is CCCNC(CSC1CCCCC1)c1c(OC)cnn1C. The molecule has 1 unspecified atom stereocenters. The number of aryl methyl sites for hydroxylation is 1. The molecule has 0 amide bonds. The van der Waals surface area contributed by atoms with Crippen LogP contribution in [-0.4, -0.2) is 34.4 Å². The summed E-state index contributed by atoms with van der Waals surface area (Å²) in [4.78, 5) is 0. The molecular weight excluding hydrogens is 282 g/mol. The largest absolute Gasteiger partial charge is 0.493 e. The van der Waals surface area contributed by atoms with Gasteiger partial charge in [-0.2, -0.15) is 16.9 Å². The van der Waals surface area contributed by atoms with Crippen molar-refractivity contribution in [2.75, 3.05) is 19.4 Å². The van der Waals surface area contributed by atoms with Crippen molar-refractivity contribution in [3.05, 3.63) is 11.9 Å². The number of methoxy groups -OCH3 is 1. The average molecular weight is 311 g/mol. The summed E-state index contributed by atoms with van der Waals surface area (Å²) in [6.07, 6.45) is 9.96. The van der Waals surface area contributed by atoms with E-state index in [-0.39, 0.29) is 0 Å². The third kappa shape index (κ3) is 4.65. The monoisotopic (exact) mass is 311 g/mol. The number of nitrogens with one attached hydrogen (secondary N) is 1. The molecule has 120 valence electrons. The van der Waals surface area contributed by atoms with E-state index in [9.17, 15) is 0 Å². The van der Waals surface area contributed by atoms with Crippen LogP contribution in [0.5, 0.6) is 5.75 Å². The first kappa shape index (κ1) is 16.7. The van der Waals surface area contributed by atoms with E-state index in [1.54, 1.807) is 7.11 Å². The van der Waals surface area contributed by atoms with Gasteiger partial charge in [0.2, 0.25) is 0 Å². The van der Waals surface area contributed by atoms with Gasteiger partial charge in [-0.1, -0.05) is 26.2 Å². The van der Waals surface area contributed by atoms with Gasteiger partial charge < -0.3 is 10.1 Å². The molecule has 1 atom stereocenters. The second-order valence-corrected chi connectivity index (χ2v) is 7.16. The number of nitrogens with zero attached hydrogens (tertiary/aromatic N) is 2. The van der Waals surface area contributed by atoms with Crippen molar-refractivity contribution in [1.82, 2.24) is 15.1 Å². The Bertz CT molecular complexity index is 416. The third-order valence-electron chi connectivity index (χ3n) is 4.19. The summed E-state index contributed by atoms with van der Waals surface area (Å²) in [5.74, 6) is 2.00. The number of aromatic nitrogens is 2. The lowest BCUT2D eigenvalue weighted by Gasteiger charge is -2.25. The Kier molecular flexibility index (Phi) is 6.90. The van der Waals surface area contributed by atoms with E-state index in [0.29, 0.717) is 6.04 Å². The van der Waals surface area contributed by atoms with Gasteiger partial charge in [0, 0.05) is 18.1 Å². The van der Waals surface area contributed by atoms with Gasteiger partial charge in [-0.05, 0) is 25.8 Å². The van der Waals surface area contributed by atoms with Gasteiger partial charge in [0.15, 0.2) is 5.75 Å². The predicted molar refractivity (Wildman–Crippen MR) is 90.1 cm³/mol. The Balaban J connectivity index is 2.00. The highest BCUT2D eigenvalue weighted by Gasteiger charge is 2.22. The van der Waals surface area contributed by atoms with Gasteiger partial charge >= 0.3 is 0 Å². The molecule has 1 N–H and O–H groups in total. The molecule has 1 aromatic rings. The van der Waals surface area contributed by atoms with Gasteiger partial charge in [0.25, 0.3) is 0 Å². The maximum atomic E-state index is 5.49. The van der Waals surface area contributed by atoms with E-state index in [1.165, 1.54) is 37.8 Å². The molecule has 2 rings (SSSR count). The fourth-order valence-electron chi connectivity index (χ4n) is 3.00. The van der Waals surface area contributed by atoms with Crippen LogP contribution in [0.4, 0.5) is 0 Å². The van der Waals surface area contributed by atoms with Gasteiger partial charge in [-0.15, -0.1) is 0 Å². The van der Waals surface area contributed by atoms with Gasteiger partial charge in [0.05, 0.1) is 25.0 Å². The lowest BCUT2D eigenvalue weighted by atomic mass is 10.0. The Labute approximate surface area is 133 Å². The molecule has 1 fully saturated rings. The number of hydrogen-bond donors (Lipinski definition) is 1. The molecule has 1 saturated carbocycles. The van der Waals surface area contributed by atoms with Crippen LogP contribution in [0, 0.1) is 0 Å². The van der Waals surface area contributed by atoms with Crippen molar-refractivity contribution in [2.24, 2.45) is 7.05 Å². The summed E-state index contributed by atoms with van der Waals surface area (Å²) in [5, 5.41) is 8.86. The first-order valence-electron chi connectivity index (χ1n) is 8.17. The fraction of sp³-hybridized carbons (Fsp3) is 0.812. The van der Waals surface area contributed by atoms with Gasteiger partial charge in [-0.25, -0.2) is 0 Å². The van der Waals surface area contributed by atoms with Crippen LogP contribution < -0.4 is 10.1 Å². The number of thioether (sulfide) groups is 1. The zero-order chi connectivity index (χ0) is 15.1. The third-order valence-corrected chi connectivity index (χ3v) is 5.66. The molecule has 0 aliphatic heterocycles. The van der Waals surface area contributed by atoms with Crippen LogP contribution in [0.25, 0.3) is 0 Å². The molecule has 0 saturated heterocycles. The summed E-state index contributed by atoms with van der Waals surface area (Å²) in [6, 6.07) is 0.319. The second kappa shape index (κ2) is 8.69. The molecule has 21 heavy (non-hydrogen) atoms. The Morgan fingerprint density at radius 2 is 2.19 bits per heavy atom. The highest BCUT2D eigenvalue weighted by atomic mass is 32.2. The molecule has 5 heteroatoms. The first-order chi connectivity index (χ1) is 10.3. The smallest absolute Gasteiger partial charge is 0.161 e. The van der Waals surface area contributed by atoms with Gasteiger partial charge in [-0.3, -0.25) is 4.68 Å². The first-order valence-corrected chi connectivity index (χ1v) is 9.22. The van der Waals surface area contributed by atoms with Crippen LogP contribution in [0.3, 0.4) is 0 Å². The average Bonchev–Trinajstić information content (AvgIpc) is 2.89. The second-order valence-electron chi connectivity index (χ2n) is 5.82. The van der Waals surface area contributed by atoms with E-state index >= 15 is 0 Å². The Morgan fingerprint density at radius 1 is 1.43 bits per heavy atom. The van der Waals surface area contributed by atoms with Crippen molar-refractivity contribution >= 4 is 11.8 Å². The molecule has 4 nitrogen and oxygen atoms in total. The quantitative estimate of drug-likeness (QED) is 0.797. The lowest BCUT2D eigenvalue weighted by Crippen LogP contribution is -2.27. The summed E-state index contributed by atoms with van der Waals surface area (Å²) < 4.78 is 7.44. The minimum atomic E-state index is 0.319. The fourth-order valence-corrected chi connectivity index (χ4v) is 4.41. The summed E-state index contributed by atoms with van der Waals surface area (Å²) in [5.41, 5.74) is 1.18. The maximum Gasteiger partial charge on any atom is 0.161 e. The molecule has 0 spiro atoms. The van der Waals surface area contributed by atoms with Crippen molar-refractivity contribution in [3.63, 3.8) is 0 Å². The predicted octanol–water partition coefficient (Wildman–Crippen LogP) is 3.54. The standard InChI is InChI=1S/C16H29N3OS/c1-4-10-17-14(12-21-13-8-6-5-7-9-13)16-15(20-3)11-18-19(16)2/h11,13-14,17H,4-10,12H2,1-3H3. The van der Waals surface area contributed by atoms with E-state index in [0.717, 1.165) is 29.7 Å². The van der Waals surface area contributed by atoms with Crippen LogP contribution in [0.2, 0.25) is 0 Å². The van der Waals surface area contributed by atoms with Crippen LogP contribution in [0.1, 0.15) is 57.2 Å². The van der Waals surface area contributed by atoms with Crippen LogP contribution in [0.15, 0.2) is 6.20 Å². The lowest BCUT2D eigenvalue weighted by molar-refractivity contribution is 0.398. The summed E-state index contributed by atoms with van der Waals surface area (Å²) in [6.45, 7) is 3.24. The van der Waals surface area contributed by atoms with E-state index < -0.39 is 0 Å². The molecule has 1 aliphatic carbocycles. The zero-order valence-corrected chi connectivity index (χ0v) is 14.4. The number of hydrogen-bond acceptors (Lipinski definition) is 4. The summed E-state index contributed by atoms with van der Waals surface area (Å²) in [7, 11) is 3.73. The highest BCUT2D eigenvalue weighted by molar-refractivity contribution is 7.99. The summed E-state index contributed by atoms with van der Waals surface area (Å²) >= 11 is 2.12. The minimum Gasteiger partial charge on any atom is -0.493 e. The molecular formula is C16H29N3OS. The Morgan fingerprint density at radius 3 is 2.86 bits per heavy atom. The molecule has 0 aromatic carbocycles. The molecule has 1 aliphatic rings. The topological polar surface area (TPSA) is 39.1 Å². The molecule has 1 heterocycles. The number of rotatable bonds is 8. The van der Waals surface area contributed by atoms with E-state index in [4.69, 9.17) is 4.74 Å². The van der Waals surface area contributed by atoms with Crippen molar-refractivity contribution in [3.8, 4) is 5.75 Å². The normalized spacial score (nSPS) is 17.9.